The van der Waals surface area contributed by atoms with Gasteiger partial charge in [0, 0.05) is 23.2 Å². The van der Waals surface area contributed by atoms with E-state index in [0.29, 0.717) is 6.61 Å². The van der Waals surface area contributed by atoms with Crippen molar-refractivity contribution in [1.82, 2.24) is 0 Å². The van der Waals surface area contributed by atoms with Crippen LogP contribution in [0.25, 0.3) is 0 Å². The fourth-order valence-corrected chi connectivity index (χ4v) is 1.88. The summed E-state index contributed by atoms with van der Waals surface area (Å²) in [7, 11) is 0. The molecule has 0 spiro atoms. The smallest absolute Gasteiger partial charge is 0.221 e. The maximum absolute atomic E-state index is 11.0. The summed E-state index contributed by atoms with van der Waals surface area (Å²) in [5.41, 5.74) is 1.83. The van der Waals surface area contributed by atoms with E-state index < -0.39 is 0 Å². The highest BCUT2D eigenvalue weighted by Crippen LogP contribution is 2.19. The lowest BCUT2D eigenvalue weighted by molar-refractivity contribution is -0.114. The van der Waals surface area contributed by atoms with Crippen LogP contribution >= 0.6 is 15.9 Å². The Balaban J connectivity index is 1.99. The number of hydrogen-bond acceptors (Lipinski definition) is 2. The lowest BCUT2D eigenvalue weighted by Crippen LogP contribution is -2.05. The van der Waals surface area contributed by atoms with Crippen molar-refractivity contribution in [2.45, 2.75) is 13.5 Å². The fourth-order valence-electron chi connectivity index (χ4n) is 1.61. The maximum Gasteiger partial charge on any atom is 0.221 e. The second-order valence-corrected chi connectivity index (χ2v) is 5.04. The predicted octanol–water partition coefficient (Wildman–Crippen LogP) is 3.99. The Bertz CT molecular complexity index is 567. The third kappa shape index (κ3) is 4.41. The van der Waals surface area contributed by atoms with Crippen LogP contribution < -0.4 is 10.1 Å². The van der Waals surface area contributed by atoms with Gasteiger partial charge in [-0.1, -0.05) is 34.1 Å². The van der Waals surface area contributed by atoms with Crippen LogP contribution in [0.5, 0.6) is 5.75 Å². The topological polar surface area (TPSA) is 38.3 Å². The number of hydrogen-bond donors (Lipinski definition) is 1. The molecule has 1 N–H and O–H groups in total. The molecule has 0 aliphatic rings. The molecular weight excluding hydrogens is 306 g/mol. The molecule has 2 aromatic carbocycles. The third-order valence-electron chi connectivity index (χ3n) is 2.47. The van der Waals surface area contributed by atoms with E-state index in [-0.39, 0.29) is 5.91 Å². The molecule has 0 aliphatic heterocycles. The largest absolute Gasteiger partial charge is 0.489 e. The van der Waals surface area contributed by atoms with Crippen LogP contribution in [0.4, 0.5) is 5.69 Å². The molecule has 19 heavy (non-hydrogen) atoms. The summed E-state index contributed by atoms with van der Waals surface area (Å²) in [4.78, 5) is 11.0. The van der Waals surface area contributed by atoms with Crippen molar-refractivity contribution in [3.8, 4) is 5.75 Å². The van der Waals surface area contributed by atoms with Crippen LogP contribution in [-0.2, 0) is 11.4 Å². The molecule has 0 bridgehead atoms. The maximum atomic E-state index is 11.0. The Morgan fingerprint density at radius 1 is 1.21 bits per heavy atom. The van der Waals surface area contributed by atoms with Gasteiger partial charge in [0.1, 0.15) is 12.4 Å². The van der Waals surface area contributed by atoms with Crippen molar-refractivity contribution >= 4 is 27.5 Å². The molecule has 4 heteroatoms. The van der Waals surface area contributed by atoms with Gasteiger partial charge in [-0.2, -0.15) is 0 Å². The minimum Gasteiger partial charge on any atom is -0.489 e. The summed E-state index contributed by atoms with van der Waals surface area (Å²) in [5.74, 6) is 0.638. The molecule has 0 heterocycles. The number of carbonyl (C=O) groups is 1. The van der Waals surface area contributed by atoms with Gasteiger partial charge in [0.2, 0.25) is 5.91 Å². The second kappa shape index (κ2) is 6.38. The van der Waals surface area contributed by atoms with E-state index in [1.807, 2.05) is 42.5 Å². The van der Waals surface area contributed by atoms with Gasteiger partial charge in [-0.25, -0.2) is 0 Å². The Morgan fingerprint density at radius 2 is 1.95 bits per heavy atom. The molecule has 0 atom stereocenters. The summed E-state index contributed by atoms with van der Waals surface area (Å²) < 4.78 is 6.73. The molecule has 0 fully saturated rings. The number of anilines is 1. The molecule has 2 aromatic rings. The van der Waals surface area contributed by atoms with Crippen molar-refractivity contribution in [3.63, 3.8) is 0 Å². The standard InChI is InChI=1S/C15H14BrNO2/c1-11(18)17-14-3-2-4-15(9-14)19-10-12-5-7-13(16)8-6-12/h2-9H,10H2,1H3,(H,17,18). The quantitative estimate of drug-likeness (QED) is 0.925. The van der Waals surface area contributed by atoms with Crippen molar-refractivity contribution in [3.05, 3.63) is 58.6 Å². The molecule has 3 nitrogen and oxygen atoms in total. The van der Waals surface area contributed by atoms with Gasteiger partial charge < -0.3 is 10.1 Å². The molecule has 98 valence electrons. The van der Waals surface area contributed by atoms with Gasteiger partial charge in [0.25, 0.3) is 0 Å². The van der Waals surface area contributed by atoms with Gasteiger partial charge in [-0.05, 0) is 29.8 Å². The number of halogens is 1. The number of amides is 1. The monoisotopic (exact) mass is 319 g/mol. The molecule has 0 unspecified atom stereocenters. The normalized spacial score (nSPS) is 10.0. The van der Waals surface area contributed by atoms with Gasteiger partial charge in [0.15, 0.2) is 0 Å². The van der Waals surface area contributed by atoms with E-state index in [0.717, 1.165) is 21.5 Å². The molecule has 0 aromatic heterocycles. The summed E-state index contributed by atoms with van der Waals surface area (Å²) >= 11 is 3.39. The molecule has 0 saturated heterocycles. The average molecular weight is 320 g/mol. The first-order valence-electron chi connectivity index (χ1n) is 5.88. The van der Waals surface area contributed by atoms with E-state index in [2.05, 4.69) is 21.2 Å². The minimum absolute atomic E-state index is 0.0925. The number of nitrogens with one attached hydrogen (secondary N) is 1. The van der Waals surface area contributed by atoms with Gasteiger partial charge in [-0.3, -0.25) is 4.79 Å². The highest BCUT2D eigenvalue weighted by atomic mass is 79.9. The van der Waals surface area contributed by atoms with E-state index in [4.69, 9.17) is 4.74 Å². The predicted molar refractivity (Wildman–Crippen MR) is 79.2 cm³/mol. The Kier molecular flexibility index (Phi) is 4.58. The minimum atomic E-state index is -0.0925. The summed E-state index contributed by atoms with van der Waals surface area (Å²) in [6.07, 6.45) is 0. The fraction of sp³-hybridized carbons (Fsp3) is 0.133. The van der Waals surface area contributed by atoms with Crippen molar-refractivity contribution in [2.75, 3.05) is 5.32 Å². The van der Waals surface area contributed by atoms with E-state index >= 15 is 0 Å². The Hall–Kier alpha value is -1.81. The first kappa shape index (κ1) is 13.6. The van der Waals surface area contributed by atoms with Crippen LogP contribution in [0.15, 0.2) is 53.0 Å². The van der Waals surface area contributed by atoms with Crippen molar-refractivity contribution < 1.29 is 9.53 Å². The van der Waals surface area contributed by atoms with Gasteiger partial charge in [0.05, 0.1) is 0 Å². The molecule has 0 radical (unpaired) electrons. The molecule has 1 amide bonds. The number of ether oxygens (including phenoxy) is 1. The third-order valence-corrected chi connectivity index (χ3v) is 3.00. The van der Waals surface area contributed by atoms with Crippen LogP contribution in [0, 0.1) is 0 Å². The van der Waals surface area contributed by atoms with Gasteiger partial charge >= 0.3 is 0 Å². The summed E-state index contributed by atoms with van der Waals surface area (Å²) in [5, 5.41) is 2.73. The molecule has 0 saturated carbocycles. The second-order valence-electron chi connectivity index (χ2n) is 4.12. The van der Waals surface area contributed by atoms with Crippen molar-refractivity contribution in [1.29, 1.82) is 0 Å². The Morgan fingerprint density at radius 3 is 2.63 bits per heavy atom. The molecular formula is C15H14BrNO2. The number of benzene rings is 2. The highest BCUT2D eigenvalue weighted by molar-refractivity contribution is 9.10. The van der Waals surface area contributed by atoms with Crippen LogP contribution in [0.1, 0.15) is 12.5 Å². The number of rotatable bonds is 4. The first-order valence-corrected chi connectivity index (χ1v) is 6.68. The number of carbonyl (C=O) groups excluding carboxylic acids is 1. The highest BCUT2D eigenvalue weighted by Gasteiger charge is 1.99. The average Bonchev–Trinajstić information content (AvgIpc) is 2.38. The van der Waals surface area contributed by atoms with Crippen LogP contribution in [-0.4, -0.2) is 5.91 Å². The molecule has 2 rings (SSSR count). The zero-order valence-electron chi connectivity index (χ0n) is 10.5. The van der Waals surface area contributed by atoms with Crippen LogP contribution in [0.3, 0.4) is 0 Å². The van der Waals surface area contributed by atoms with Crippen LogP contribution in [0.2, 0.25) is 0 Å². The van der Waals surface area contributed by atoms with E-state index in [9.17, 15) is 4.79 Å². The summed E-state index contributed by atoms with van der Waals surface area (Å²) in [6.45, 7) is 1.98. The van der Waals surface area contributed by atoms with Gasteiger partial charge in [-0.15, -0.1) is 0 Å². The molecule has 0 aliphatic carbocycles. The van der Waals surface area contributed by atoms with E-state index in [1.165, 1.54) is 6.92 Å². The first-order chi connectivity index (χ1) is 9.13. The lowest BCUT2D eigenvalue weighted by Gasteiger charge is -2.08. The summed E-state index contributed by atoms with van der Waals surface area (Å²) in [6, 6.07) is 15.3. The van der Waals surface area contributed by atoms with E-state index in [1.54, 1.807) is 6.07 Å². The lowest BCUT2D eigenvalue weighted by atomic mass is 10.2. The zero-order valence-corrected chi connectivity index (χ0v) is 12.1. The SMILES string of the molecule is CC(=O)Nc1cccc(OCc2ccc(Br)cc2)c1. The Labute approximate surface area is 120 Å². The zero-order chi connectivity index (χ0) is 13.7. The van der Waals surface area contributed by atoms with Crippen molar-refractivity contribution in [2.24, 2.45) is 0 Å².